The van der Waals surface area contributed by atoms with E-state index in [4.69, 9.17) is 0 Å². The van der Waals surface area contributed by atoms with Gasteiger partial charge in [0.15, 0.2) is 0 Å². The number of nitrogens with zero attached hydrogens (tertiary/aromatic N) is 1. The molecule has 120 valence electrons. The number of β-lactam (4-membered cyclic amide) rings is 1. The highest BCUT2D eigenvalue weighted by atomic mass is 16.2. The molecule has 0 radical (unpaired) electrons. The Morgan fingerprint density at radius 3 is 2.29 bits per heavy atom. The maximum Gasteiger partial charge on any atom is 0.232 e. The summed E-state index contributed by atoms with van der Waals surface area (Å²) in [4.78, 5) is 15.4. The van der Waals surface area contributed by atoms with Crippen molar-refractivity contribution in [1.29, 1.82) is 0 Å². The molecule has 1 heterocycles. The highest BCUT2D eigenvalue weighted by Gasteiger charge is 2.67. The van der Waals surface area contributed by atoms with Crippen LogP contribution in [0.1, 0.15) is 30.0 Å². The van der Waals surface area contributed by atoms with Gasteiger partial charge in [0.05, 0.1) is 11.5 Å². The summed E-state index contributed by atoms with van der Waals surface area (Å²) in [6.45, 7) is 0.710. The average Bonchev–Trinajstić information content (AvgIpc) is 3.25. The Morgan fingerprint density at radius 1 is 0.958 bits per heavy atom. The lowest BCUT2D eigenvalue weighted by Crippen LogP contribution is -2.64. The molecule has 24 heavy (non-hydrogen) atoms. The van der Waals surface area contributed by atoms with E-state index in [2.05, 4.69) is 59.5 Å². The van der Waals surface area contributed by atoms with Crippen LogP contribution in [0.25, 0.3) is 0 Å². The van der Waals surface area contributed by atoms with E-state index in [1.54, 1.807) is 0 Å². The van der Waals surface area contributed by atoms with Crippen molar-refractivity contribution in [2.45, 2.75) is 25.4 Å². The second-order valence-corrected chi connectivity index (χ2v) is 7.46. The number of allylic oxidation sites excluding steroid dienone is 2. The van der Waals surface area contributed by atoms with E-state index in [1.807, 2.05) is 18.2 Å². The maximum absolute atomic E-state index is 13.3. The van der Waals surface area contributed by atoms with Crippen molar-refractivity contribution in [2.75, 3.05) is 0 Å². The Balaban J connectivity index is 1.54. The van der Waals surface area contributed by atoms with Gasteiger partial charge in [-0.2, -0.15) is 0 Å². The fraction of sp³-hybridized carbons (Fsp3) is 0.318. The minimum Gasteiger partial charge on any atom is -0.330 e. The number of hydrogen-bond donors (Lipinski definition) is 0. The normalized spacial score (nSPS) is 33.2. The zero-order valence-electron chi connectivity index (χ0n) is 13.6. The van der Waals surface area contributed by atoms with Gasteiger partial charge in [0.2, 0.25) is 5.91 Å². The third kappa shape index (κ3) is 1.80. The molecule has 0 N–H and O–H groups in total. The van der Waals surface area contributed by atoms with Gasteiger partial charge >= 0.3 is 0 Å². The van der Waals surface area contributed by atoms with Gasteiger partial charge in [-0.3, -0.25) is 4.79 Å². The summed E-state index contributed by atoms with van der Waals surface area (Å²) in [5, 5.41) is 0. The summed E-state index contributed by atoms with van der Waals surface area (Å²) in [6.07, 6.45) is 6.82. The first-order chi connectivity index (χ1) is 11.8. The van der Waals surface area contributed by atoms with Crippen molar-refractivity contribution < 1.29 is 4.79 Å². The van der Waals surface area contributed by atoms with Crippen molar-refractivity contribution in [3.05, 3.63) is 83.9 Å². The molecule has 5 rings (SSSR count). The van der Waals surface area contributed by atoms with Crippen LogP contribution in [-0.4, -0.2) is 10.8 Å². The summed E-state index contributed by atoms with van der Waals surface area (Å²) in [5.41, 5.74) is 2.31. The Hall–Kier alpha value is -2.35. The average molecular weight is 315 g/mol. The topological polar surface area (TPSA) is 20.3 Å². The van der Waals surface area contributed by atoms with E-state index in [0.29, 0.717) is 24.3 Å². The zero-order valence-corrected chi connectivity index (χ0v) is 13.6. The number of fused-ring (bicyclic) bond motifs is 3. The van der Waals surface area contributed by atoms with Crippen LogP contribution in [0.3, 0.4) is 0 Å². The van der Waals surface area contributed by atoms with E-state index in [-0.39, 0.29) is 11.5 Å². The quantitative estimate of drug-likeness (QED) is 0.609. The molecule has 1 saturated heterocycles. The van der Waals surface area contributed by atoms with Crippen LogP contribution in [-0.2, 0) is 11.3 Å². The van der Waals surface area contributed by atoms with Crippen molar-refractivity contribution in [3.63, 3.8) is 0 Å². The fourth-order valence-electron chi connectivity index (χ4n) is 5.22. The molecule has 1 amide bonds. The molecule has 1 saturated carbocycles. The smallest absolute Gasteiger partial charge is 0.232 e. The third-order valence-electron chi connectivity index (χ3n) is 6.20. The van der Waals surface area contributed by atoms with Crippen molar-refractivity contribution in [2.24, 2.45) is 17.3 Å². The monoisotopic (exact) mass is 315 g/mol. The number of rotatable bonds is 3. The number of hydrogen-bond acceptors (Lipinski definition) is 1. The first-order valence-corrected chi connectivity index (χ1v) is 8.87. The van der Waals surface area contributed by atoms with Gasteiger partial charge in [-0.15, -0.1) is 0 Å². The van der Waals surface area contributed by atoms with Crippen molar-refractivity contribution in [3.8, 4) is 0 Å². The lowest BCUT2D eigenvalue weighted by atomic mass is 9.60. The standard InChI is InChI=1S/C22H21NO/c24-21-22(14-17-11-12-19(22)13-17)20(18-9-5-2-6-10-18)23(21)15-16-7-3-1-4-8-16/h1-12,17,19-20H,13-15H2/t17-,19+,20+,22+/m1/s1. The van der Waals surface area contributed by atoms with Crippen LogP contribution in [0.15, 0.2) is 72.8 Å². The minimum absolute atomic E-state index is 0.185. The fourth-order valence-corrected chi connectivity index (χ4v) is 5.22. The number of carbonyl (C=O) groups is 1. The molecular weight excluding hydrogens is 294 g/mol. The van der Waals surface area contributed by atoms with Gasteiger partial charge in [0.25, 0.3) is 0 Å². The first kappa shape index (κ1) is 14.0. The third-order valence-corrected chi connectivity index (χ3v) is 6.20. The number of carbonyl (C=O) groups excluding carboxylic acids is 1. The molecule has 2 bridgehead atoms. The molecule has 2 nitrogen and oxygen atoms in total. The Labute approximate surface area is 142 Å². The Bertz CT molecular complexity index is 797. The molecule has 2 aromatic carbocycles. The predicted octanol–water partition coefficient (Wildman–Crippen LogP) is 4.35. The van der Waals surface area contributed by atoms with Crippen LogP contribution in [0, 0.1) is 17.3 Å². The minimum atomic E-state index is -0.185. The van der Waals surface area contributed by atoms with Gasteiger partial charge < -0.3 is 4.90 Å². The highest BCUT2D eigenvalue weighted by molar-refractivity contribution is 5.92. The number of benzene rings is 2. The summed E-state index contributed by atoms with van der Waals surface area (Å²) in [5.74, 6) is 1.38. The van der Waals surface area contributed by atoms with Crippen LogP contribution in [0.5, 0.6) is 0 Å². The SMILES string of the molecule is O=C1N(Cc2ccccc2)[C@@H](c2ccccc2)[C@@]12C[C@@H]1C=C[C@H]2C1. The van der Waals surface area contributed by atoms with Gasteiger partial charge in [-0.1, -0.05) is 72.8 Å². The molecule has 2 fully saturated rings. The molecule has 1 spiro atoms. The van der Waals surface area contributed by atoms with Crippen LogP contribution < -0.4 is 0 Å². The molecule has 3 aliphatic rings. The van der Waals surface area contributed by atoms with E-state index < -0.39 is 0 Å². The number of likely N-dealkylation sites (tertiary alicyclic amines) is 1. The van der Waals surface area contributed by atoms with E-state index in [1.165, 1.54) is 11.1 Å². The van der Waals surface area contributed by atoms with Gasteiger partial charge in [0, 0.05) is 6.54 Å². The number of amides is 1. The van der Waals surface area contributed by atoms with E-state index in [9.17, 15) is 4.79 Å². The highest BCUT2D eigenvalue weighted by Crippen LogP contribution is 2.66. The van der Waals surface area contributed by atoms with Gasteiger partial charge in [-0.05, 0) is 35.8 Å². The molecule has 2 heteroatoms. The van der Waals surface area contributed by atoms with Crippen LogP contribution in [0.4, 0.5) is 0 Å². The predicted molar refractivity (Wildman–Crippen MR) is 94.0 cm³/mol. The molecule has 0 aromatic heterocycles. The van der Waals surface area contributed by atoms with E-state index >= 15 is 0 Å². The van der Waals surface area contributed by atoms with Gasteiger partial charge in [-0.25, -0.2) is 0 Å². The largest absolute Gasteiger partial charge is 0.330 e. The lowest BCUT2D eigenvalue weighted by Gasteiger charge is -2.58. The maximum atomic E-state index is 13.3. The summed E-state index contributed by atoms with van der Waals surface area (Å²) in [7, 11) is 0. The van der Waals surface area contributed by atoms with Gasteiger partial charge in [0.1, 0.15) is 0 Å². The molecular formula is C22H21NO. The molecule has 4 atom stereocenters. The Morgan fingerprint density at radius 2 is 1.67 bits per heavy atom. The molecule has 1 aliphatic heterocycles. The van der Waals surface area contributed by atoms with Crippen molar-refractivity contribution >= 4 is 5.91 Å². The molecule has 2 aliphatic carbocycles. The zero-order chi connectivity index (χ0) is 16.1. The Kier molecular flexibility index (Phi) is 2.97. The van der Waals surface area contributed by atoms with Crippen LogP contribution >= 0.6 is 0 Å². The molecule has 0 unspecified atom stereocenters. The van der Waals surface area contributed by atoms with E-state index in [0.717, 1.165) is 12.8 Å². The first-order valence-electron chi connectivity index (χ1n) is 8.87. The molecule has 2 aromatic rings. The summed E-state index contributed by atoms with van der Waals surface area (Å²) >= 11 is 0. The van der Waals surface area contributed by atoms with Crippen molar-refractivity contribution in [1.82, 2.24) is 4.90 Å². The second kappa shape index (κ2) is 5.07. The van der Waals surface area contributed by atoms with Crippen LogP contribution in [0.2, 0.25) is 0 Å². The second-order valence-electron chi connectivity index (χ2n) is 7.46. The lowest BCUT2D eigenvalue weighted by molar-refractivity contribution is -0.179. The summed E-state index contributed by atoms with van der Waals surface area (Å²) < 4.78 is 0. The summed E-state index contributed by atoms with van der Waals surface area (Å²) in [6, 6.07) is 21.2.